The summed E-state index contributed by atoms with van der Waals surface area (Å²) in [6.07, 6.45) is 4.68. The van der Waals surface area contributed by atoms with Gasteiger partial charge in [-0.15, -0.1) is 0 Å². The lowest BCUT2D eigenvalue weighted by atomic mass is 10.1. The highest BCUT2D eigenvalue weighted by molar-refractivity contribution is 6.02. The zero-order valence-electron chi connectivity index (χ0n) is 21.4. The summed E-state index contributed by atoms with van der Waals surface area (Å²) in [6, 6.07) is 12.8. The van der Waals surface area contributed by atoms with Crippen molar-refractivity contribution in [2.24, 2.45) is 5.92 Å². The molecule has 0 spiro atoms. The number of nitrogens with one attached hydrogen (secondary N) is 2. The van der Waals surface area contributed by atoms with Gasteiger partial charge in [-0.3, -0.25) is 9.59 Å². The van der Waals surface area contributed by atoms with E-state index in [1.54, 1.807) is 7.11 Å². The number of carbonyl (C=O) groups is 3. The average Bonchev–Trinajstić information content (AvgIpc) is 3.68. The molecule has 9 heteroatoms. The molecule has 0 atom stereocenters. The van der Waals surface area contributed by atoms with Gasteiger partial charge in [0.15, 0.2) is 0 Å². The Morgan fingerprint density at radius 2 is 1.49 bits per heavy atom. The number of anilines is 3. The third-order valence-electron chi connectivity index (χ3n) is 7.30. The van der Waals surface area contributed by atoms with E-state index in [9.17, 15) is 14.4 Å². The van der Waals surface area contributed by atoms with Gasteiger partial charge in [0, 0.05) is 62.2 Å². The maximum Gasteiger partial charge on any atom is 0.321 e. The molecule has 4 amide bonds. The van der Waals surface area contributed by atoms with Crippen molar-refractivity contribution < 1.29 is 19.1 Å². The van der Waals surface area contributed by atoms with Crippen LogP contribution in [0.2, 0.25) is 0 Å². The molecule has 0 bridgehead atoms. The van der Waals surface area contributed by atoms with Crippen LogP contribution in [0.25, 0.3) is 0 Å². The van der Waals surface area contributed by atoms with E-state index in [0.717, 1.165) is 63.2 Å². The smallest absolute Gasteiger partial charge is 0.321 e. The topological polar surface area (TPSA) is 94.2 Å². The molecule has 37 heavy (non-hydrogen) atoms. The fraction of sp³-hybridized carbons (Fsp3) is 0.464. The lowest BCUT2D eigenvalue weighted by molar-refractivity contribution is -0.117. The van der Waals surface area contributed by atoms with Crippen LogP contribution in [0.15, 0.2) is 42.5 Å². The third-order valence-corrected chi connectivity index (χ3v) is 7.30. The molecule has 2 heterocycles. The fourth-order valence-corrected chi connectivity index (χ4v) is 4.98. The summed E-state index contributed by atoms with van der Waals surface area (Å²) in [6.45, 7) is 4.04. The Bertz CT molecular complexity index is 1140. The summed E-state index contributed by atoms with van der Waals surface area (Å²) in [5.74, 6) is 0.868. The maximum atomic E-state index is 13.5. The fourth-order valence-electron chi connectivity index (χ4n) is 4.98. The van der Waals surface area contributed by atoms with Crippen molar-refractivity contribution in [3.63, 3.8) is 0 Å². The van der Waals surface area contributed by atoms with Crippen LogP contribution >= 0.6 is 0 Å². The molecule has 0 unspecified atom stereocenters. The van der Waals surface area contributed by atoms with E-state index in [-0.39, 0.29) is 23.8 Å². The number of urea groups is 1. The third kappa shape index (κ3) is 5.98. The molecular formula is C28H35N5O4. The zero-order valence-corrected chi connectivity index (χ0v) is 21.4. The van der Waals surface area contributed by atoms with E-state index < -0.39 is 0 Å². The molecule has 2 aromatic carbocycles. The number of likely N-dealkylation sites (tertiary alicyclic amines) is 1. The lowest BCUT2D eigenvalue weighted by Crippen LogP contribution is -2.38. The normalized spacial score (nSPS) is 17.8. The first kappa shape index (κ1) is 24.9. The number of nitrogens with zero attached hydrogens (tertiary/aromatic N) is 3. The first-order valence-corrected chi connectivity index (χ1v) is 13.2. The summed E-state index contributed by atoms with van der Waals surface area (Å²) < 4.78 is 5.18. The molecular weight excluding hydrogens is 470 g/mol. The van der Waals surface area contributed by atoms with Gasteiger partial charge in [-0.1, -0.05) is 0 Å². The Kier molecular flexibility index (Phi) is 7.48. The van der Waals surface area contributed by atoms with Gasteiger partial charge in [-0.2, -0.15) is 0 Å². The highest BCUT2D eigenvalue weighted by atomic mass is 16.5. The zero-order chi connectivity index (χ0) is 25.8. The first-order chi connectivity index (χ1) is 18.0. The van der Waals surface area contributed by atoms with Crippen LogP contribution < -0.4 is 20.3 Å². The Balaban J connectivity index is 1.29. The van der Waals surface area contributed by atoms with E-state index in [0.29, 0.717) is 36.6 Å². The standard InChI is InChI=1S/C28H35N5O4/c1-37-23-10-7-21(8-11-23)30-28(36)33-16-4-15-31(17-18-33)25-12-9-22(29-26(34)20-5-6-20)19-24(25)27(35)32-13-2-3-14-32/h7-12,19-20H,2-6,13-18H2,1H3,(H,29,34)(H,30,36). The molecule has 2 aromatic rings. The number of hydrogen-bond acceptors (Lipinski definition) is 5. The van der Waals surface area contributed by atoms with E-state index in [4.69, 9.17) is 4.74 Å². The molecule has 1 aliphatic carbocycles. The second kappa shape index (κ2) is 11.1. The van der Waals surface area contributed by atoms with Crippen LogP contribution in [0, 0.1) is 5.92 Å². The van der Waals surface area contributed by atoms with Crippen molar-refractivity contribution in [1.29, 1.82) is 0 Å². The maximum absolute atomic E-state index is 13.5. The van der Waals surface area contributed by atoms with Gasteiger partial charge < -0.3 is 30.1 Å². The molecule has 5 rings (SSSR count). The van der Waals surface area contributed by atoms with Crippen LogP contribution in [0.5, 0.6) is 5.75 Å². The van der Waals surface area contributed by atoms with Crippen LogP contribution in [-0.2, 0) is 4.79 Å². The lowest BCUT2D eigenvalue weighted by Gasteiger charge is -2.27. The van der Waals surface area contributed by atoms with Crippen LogP contribution in [0.3, 0.4) is 0 Å². The number of benzene rings is 2. The molecule has 1 saturated carbocycles. The predicted molar refractivity (Wildman–Crippen MR) is 143 cm³/mol. The minimum Gasteiger partial charge on any atom is -0.497 e. The molecule has 3 fully saturated rings. The molecule has 196 valence electrons. The van der Waals surface area contributed by atoms with Gasteiger partial charge in [-0.25, -0.2) is 4.79 Å². The van der Waals surface area contributed by atoms with Gasteiger partial charge in [0.25, 0.3) is 5.91 Å². The van der Waals surface area contributed by atoms with Crippen LogP contribution in [-0.4, -0.2) is 74.0 Å². The van der Waals surface area contributed by atoms with Crippen molar-refractivity contribution in [3.8, 4) is 5.75 Å². The van der Waals surface area contributed by atoms with Gasteiger partial charge in [0.1, 0.15) is 5.75 Å². The first-order valence-electron chi connectivity index (χ1n) is 13.2. The quantitative estimate of drug-likeness (QED) is 0.618. The second-order valence-electron chi connectivity index (χ2n) is 9.98. The summed E-state index contributed by atoms with van der Waals surface area (Å²) in [4.78, 5) is 44.7. The number of methoxy groups -OCH3 is 1. The molecule has 2 aliphatic heterocycles. The minimum atomic E-state index is -0.140. The largest absolute Gasteiger partial charge is 0.497 e. The summed E-state index contributed by atoms with van der Waals surface area (Å²) in [7, 11) is 1.61. The van der Waals surface area contributed by atoms with Crippen molar-refractivity contribution in [3.05, 3.63) is 48.0 Å². The summed E-state index contributed by atoms with van der Waals surface area (Å²) in [5.41, 5.74) is 2.86. The molecule has 2 N–H and O–H groups in total. The molecule has 0 radical (unpaired) electrons. The van der Waals surface area contributed by atoms with Crippen molar-refractivity contribution >= 4 is 34.9 Å². The number of hydrogen-bond donors (Lipinski definition) is 2. The van der Waals surface area contributed by atoms with Crippen molar-refractivity contribution in [2.75, 3.05) is 61.9 Å². The highest BCUT2D eigenvalue weighted by Crippen LogP contribution is 2.32. The number of rotatable bonds is 6. The van der Waals surface area contributed by atoms with E-state index in [2.05, 4.69) is 15.5 Å². The van der Waals surface area contributed by atoms with Crippen LogP contribution in [0.4, 0.5) is 21.9 Å². The minimum absolute atomic E-state index is 0.00775. The van der Waals surface area contributed by atoms with Crippen LogP contribution in [0.1, 0.15) is 42.5 Å². The summed E-state index contributed by atoms with van der Waals surface area (Å²) >= 11 is 0. The van der Waals surface area contributed by atoms with Gasteiger partial charge >= 0.3 is 6.03 Å². The van der Waals surface area contributed by atoms with E-state index in [1.807, 2.05) is 52.3 Å². The second-order valence-corrected chi connectivity index (χ2v) is 9.98. The summed E-state index contributed by atoms with van der Waals surface area (Å²) in [5, 5.41) is 5.95. The monoisotopic (exact) mass is 505 g/mol. The molecule has 3 aliphatic rings. The van der Waals surface area contributed by atoms with Crippen molar-refractivity contribution in [2.45, 2.75) is 32.1 Å². The molecule has 2 saturated heterocycles. The van der Waals surface area contributed by atoms with E-state index >= 15 is 0 Å². The Labute approximate surface area is 217 Å². The Morgan fingerprint density at radius 3 is 2.19 bits per heavy atom. The number of carbonyl (C=O) groups excluding carboxylic acids is 3. The number of amides is 4. The van der Waals surface area contributed by atoms with Gasteiger partial charge in [-0.05, 0) is 74.6 Å². The molecule has 0 aromatic heterocycles. The van der Waals surface area contributed by atoms with Gasteiger partial charge in [0.05, 0.1) is 12.7 Å². The molecule has 9 nitrogen and oxygen atoms in total. The highest BCUT2D eigenvalue weighted by Gasteiger charge is 2.31. The average molecular weight is 506 g/mol. The van der Waals surface area contributed by atoms with Gasteiger partial charge in [0.2, 0.25) is 5.91 Å². The van der Waals surface area contributed by atoms with E-state index in [1.165, 1.54) is 0 Å². The Hall–Kier alpha value is -3.75. The predicted octanol–water partition coefficient (Wildman–Crippen LogP) is 4.02. The SMILES string of the molecule is COc1ccc(NC(=O)N2CCCN(c3ccc(NC(=O)C4CC4)cc3C(=O)N3CCCC3)CC2)cc1. The Morgan fingerprint density at radius 1 is 0.784 bits per heavy atom. The number of ether oxygens (including phenoxy) is 1. The van der Waals surface area contributed by atoms with Crippen molar-refractivity contribution in [1.82, 2.24) is 9.80 Å².